The van der Waals surface area contributed by atoms with Crippen LogP contribution in [0.15, 0.2) is 48.5 Å². The second kappa shape index (κ2) is 13.9. The third-order valence-corrected chi connectivity index (χ3v) is 5.93. The fourth-order valence-electron chi connectivity index (χ4n) is 3.48. The molecule has 2 aromatic carbocycles. The van der Waals surface area contributed by atoms with E-state index in [2.05, 4.69) is 45.0 Å². The molecule has 0 spiro atoms. The van der Waals surface area contributed by atoms with E-state index in [0.717, 1.165) is 48.3 Å². The fourth-order valence-corrected chi connectivity index (χ4v) is 3.48. The predicted molar refractivity (Wildman–Crippen MR) is 129 cm³/mol. The maximum Gasteiger partial charge on any atom is 0.306 e. The molecule has 0 aromatic heterocycles. The van der Waals surface area contributed by atoms with E-state index in [1.807, 2.05) is 31.2 Å². The molecule has 0 aliphatic carbocycles. The maximum absolute atomic E-state index is 12.1. The van der Waals surface area contributed by atoms with Gasteiger partial charge in [0, 0.05) is 6.42 Å². The molecule has 0 aliphatic rings. The summed E-state index contributed by atoms with van der Waals surface area (Å²) in [6.07, 6.45) is 8.48. The zero-order valence-electron chi connectivity index (χ0n) is 19.9. The van der Waals surface area contributed by atoms with Crippen LogP contribution in [0.3, 0.4) is 0 Å². The van der Waals surface area contributed by atoms with Crippen molar-refractivity contribution in [1.29, 1.82) is 0 Å². The summed E-state index contributed by atoms with van der Waals surface area (Å²) in [4.78, 5) is 12.1. The summed E-state index contributed by atoms with van der Waals surface area (Å²) >= 11 is 0. The SMILES string of the molecule is CCCCCCCOc1ccc(-c2ccc(C(C)OC(=O)CCC(C)CC)cc2)cc1. The van der Waals surface area contributed by atoms with E-state index in [4.69, 9.17) is 9.47 Å². The van der Waals surface area contributed by atoms with Gasteiger partial charge in [-0.3, -0.25) is 4.79 Å². The molecule has 0 saturated carbocycles. The number of hydrogen-bond acceptors (Lipinski definition) is 3. The molecule has 0 N–H and O–H groups in total. The van der Waals surface area contributed by atoms with Gasteiger partial charge in [0.15, 0.2) is 0 Å². The summed E-state index contributed by atoms with van der Waals surface area (Å²) in [7, 11) is 0. The Morgan fingerprint density at radius 2 is 1.45 bits per heavy atom. The van der Waals surface area contributed by atoms with E-state index < -0.39 is 0 Å². The van der Waals surface area contributed by atoms with Crippen molar-refractivity contribution in [2.75, 3.05) is 6.61 Å². The van der Waals surface area contributed by atoms with Crippen molar-refractivity contribution in [2.45, 2.75) is 85.2 Å². The van der Waals surface area contributed by atoms with Crippen LogP contribution >= 0.6 is 0 Å². The summed E-state index contributed by atoms with van der Waals surface area (Å²) in [6, 6.07) is 16.5. The van der Waals surface area contributed by atoms with E-state index in [0.29, 0.717) is 12.3 Å². The minimum atomic E-state index is -0.230. The van der Waals surface area contributed by atoms with E-state index >= 15 is 0 Å². The van der Waals surface area contributed by atoms with Crippen molar-refractivity contribution >= 4 is 5.97 Å². The highest BCUT2D eigenvalue weighted by Crippen LogP contribution is 2.26. The van der Waals surface area contributed by atoms with Crippen molar-refractivity contribution in [3.05, 3.63) is 54.1 Å². The van der Waals surface area contributed by atoms with Crippen LogP contribution in [0.5, 0.6) is 5.75 Å². The van der Waals surface area contributed by atoms with Gasteiger partial charge in [0.25, 0.3) is 0 Å². The third-order valence-electron chi connectivity index (χ3n) is 5.93. The van der Waals surface area contributed by atoms with Crippen molar-refractivity contribution < 1.29 is 14.3 Å². The number of carbonyl (C=O) groups excluding carboxylic acids is 1. The average Bonchev–Trinajstić information content (AvgIpc) is 2.80. The van der Waals surface area contributed by atoms with Gasteiger partial charge in [0.1, 0.15) is 11.9 Å². The minimum absolute atomic E-state index is 0.113. The highest BCUT2D eigenvalue weighted by Gasteiger charge is 2.13. The molecule has 170 valence electrons. The fraction of sp³-hybridized carbons (Fsp3) is 0.536. The predicted octanol–water partition coefficient (Wildman–Crippen LogP) is 8.13. The van der Waals surface area contributed by atoms with Gasteiger partial charge >= 0.3 is 5.97 Å². The Hall–Kier alpha value is -2.29. The topological polar surface area (TPSA) is 35.5 Å². The summed E-state index contributed by atoms with van der Waals surface area (Å²) in [5.74, 6) is 1.37. The summed E-state index contributed by atoms with van der Waals surface area (Å²) in [6.45, 7) is 9.27. The second-order valence-electron chi connectivity index (χ2n) is 8.59. The van der Waals surface area contributed by atoms with Crippen LogP contribution in [0.1, 0.15) is 90.7 Å². The molecular weight excluding hydrogens is 384 g/mol. The Kier molecular flexibility index (Phi) is 11.2. The Morgan fingerprint density at radius 3 is 2.06 bits per heavy atom. The molecule has 0 saturated heterocycles. The number of benzene rings is 2. The van der Waals surface area contributed by atoms with Crippen molar-refractivity contribution in [1.82, 2.24) is 0 Å². The molecule has 3 heteroatoms. The van der Waals surface area contributed by atoms with Gasteiger partial charge < -0.3 is 9.47 Å². The summed E-state index contributed by atoms with van der Waals surface area (Å²) < 4.78 is 11.5. The second-order valence-corrected chi connectivity index (χ2v) is 8.59. The number of esters is 1. The molecule has 2 aromatic rings. The van der Waals surface area contributed by atoms with Gasteiger partial charge in [-0.05, 0) is 54.5 Å². The lowest BCUT2D eigenvalue weighted by atomic mass is 10.0. The van der Waals surface area contributed by atoms with Gasteiger partial charge in [0.2, 0.25) is 0 Å². The molecule has 31 heavy (non-hydrogen) atoms. The minimum Gasteiger partial charge on any atom is -0.494 e. The number of unbranched alkanes of at least 4 members (excludes halogenated alkanes) is 4. The van der Waals surface area contributed by atoms with E-state index in [1.165, 1.54) is 25.7 Å². The molecule has 0 bridgehead atoms. The molecule has 3 nitrogen and oxygen atoms in total. The molecule has 2 atom stereocenters. The van der Waals surface area contributed by atoms with Crippen LogP contribution in [-0.2, 0) is 9.53 Å². The van der Waals surface area contributed by atoms with E-state index in [9.17, 15) is 4.79 Å². The Balaban J connectivity index is 1.82. The quantitative estimate of drug-likeness (QED) is 0.227. The molecule has 2 rings (SSSR count). The van der Waals surface area contributed by atoms with Crippen LogP contribution in [0, 0.1) is 5.92 Å². The van der Waals surface area contributed by atoms with Gasteiger partial charge in [-0.15, -0.1) is 0 Å². The first kappa shape index (κ1) is 25.0. The molecule has 0 amide bonds. The highest BCUT2D eigenvalue weighted by molar-refractivity contribution is 5.70. The Morgan fingerprint density at radius 1 is 0.839 bits per heavy atom. The molecule has 0 aliphatic heterocycles. The lowest BCUT2D eigenvalue weighted by Crippen LogP contribution is -2.10. The molecule has 2 unspecified atom stereocenters. The third kappa shape index (κ3) is 9.16. The van der Waals surface area contributed by atoms with E-state index in [-0.39, 0.29) is 12.1 Å². The van der Waals surface area contributed by atoms with Gasteiger partial charge in [0.05, 0.1) is 6.61 Å². The van der Waals surface area contributed by atoms with Crippen molar-refractivity contribution in [3.63, 3.8) is 0 Å². The first-order chi connectivity index (χ1) is 15.0. The smallest absolute Gasteiger partial charge is 0.306 e. The van der Waals surface area contributed by atoms with Crippen LogP contribution < -0.4 is 4.74 Å². The Labute approximate surface area is 189 Å². The van der Waals surface area contributed by atoms with Crippen molar-refractivity contribution in [2.24, 2.45) is 5.92 Å². The van der Waals surface area contributed by atoms with Crippen LogP contribution in [0.2, 0.25) is 0 Å². The highest BCUT2D eigenvalue weighted by atomic mass is 16.5. The maximum atomic E-state index is 12.1. The summed E-state index contributed by atoms with van der Waals surface area (Å²) in [5, 5.41) is 0. The number of carbonyl (C=O) groups is 1. The monoisotopic (exact) mass is 424 g/mol. The number of rotatable bonds is 14. The molecule has 0 fully saturated rings. The molecule has 0 heterocycles. The number of hydrogen-bond donors (Lipinski definition) is 0. The zero-order valence-corrected chi connectivity index (χ0v) is 19.9. The number of ether oxygens (including phenoxy) is 2. The standard InChI is InChI=1S/C28H40O3/c1-5-7-8-9-10-21-30-27-18-16-26(17-19-27)25-14-12-24(13-15-25)23(4)31-28(29)20-11-22(3)6-2/h12-19,22-23H,5-11,20-21H2,1-4H3. The van der Waals surface area contributed by atoms with E-state index in [1.54, 1.807) is 0 Å². The average molecular weight is 425 g/mol. The lowest BCUT2D eigenvalue weighted by molar-refractivity contribution is -0.148. The Bertz CT molecular complexity index is 749. The lowest BCUT2D eigenvalue weighted by Gasteiger charge is -2.15. The van der Waals surface area contributed by atoms with Crippen LogP contribution in [0.25, 0.3) is 11.1 Å². The van der Waals surface area contributed by atoms with Gasteiger partial charge in [-0.25, -0.2) is 0 Å². The zero-order chi connectivity index (χ0) is 22.5. The summed E-state index contributed by atoms with van der Waals surface area (Å²) in [5.41, 5.74) is 3.31. The van der Waals surface area contributed by atoms with Crippen LogP contribution in [-0.4, -0.2) is 12.6 Å². The molecular formula is C28H40O3. The molecule has 0 radical (unpaired) electrons. The normalized spacial score (nSPS) is 12.9. The van der Waals surface area contributed by atoms with Crippen molar-refractivity contribution in [3.8, 4) is 16.9 Å². The van der Waals surface area contributed by atoms with Crippen LogP contribution in [0.4, 0.5) is 0 Å². The largest absolute Gasteiger partial charge is 0.494 e. The first-order valence-corrected chi connectivity index (χ1v) is 12.1. The van der Waals surface area contributed by atoms with Gasteiger partial charge in [-0.2, -0.15) is 0 Å². The first-order valence-electron chi connectivity index (χ1n) is 12.1. The van der Waals surface area contributed by atoms with Gasteiger partial charge in [-0.1, -0.05) is 89.3 Å².